The molecule has 30 heavy (non-hydrogen) atoms. The molecule has 0 saturated heterocycles. The van der Waals surface area contributed by atoms with E-state index in [9.17, 15) is 4.79 Å². The minimum Gasteiger partial charge on any atom is -0.497 e. The van der Waals surface area contributed by atoms with E-state index >= 15 is 0 Å². The summed E-state index contributed by atoms with van der Waals surface area (Å²) in [5.41, 5.74) is 5.83. The maximum atomic E-state index is 13.2. The number of methoxy groups -OCH3 is 1. The van der Waals surface area contributed by atoms with Gasteiger partial charge >= 0.3 is 0 Å². The molecule has 0 fully saturated rings. The highest BCUT2D eigenvalue weighted by Crippen LogP contribution is 2.24. The van der Waals surface area contributed by atoms with E-state index in [0.29, 0.717) is 17.8 Å². The van der Waals surface area contributed by atoms with Gasteiger partial charge in [0.25, 0.3) is 5.91 Å². The first-order valence-electron chi connectivity index (χ1n) is 9.62. The molecule has 0 saturated carbocycles. The van der Waals surface area contributed by atoms with Crippen molar-refractivity contribution in [1.82, 2.24) is 29.3 Å². The van der Waals surface area contributed by atoms with Gasteiger partial charge in [0.15, 0.2) is 5.65 Å². The van der Waals surface area contributed by atoms with Crippen LogP contribution in [0.4, 0.5) is 0 Å². The number of hydrogen-bond donors (Lipinski definition) is 0. The minimum atomic E-state index is -0.132. The third kappa shape index (κ3) is 3.30. The van der Waals surface area contributed by atoms with Gasteiger partial charge in [-0.25, -0.2) is 9.50 Å². The van der Waals surface area contributed by atoms with Crippen molar-refractivity contribution in [2.24, 2.45) is 7.05 Å². The lowest BCUT2D eigenvalue weighted by molar-refractivity contribution is 0.0786. The Balaban J connectivity index is 1.67. The first kappa shape index (κ1) is 19.6. The molecule has 0 aliphatic heterocycles. The molecule has 0 atom stereocenters. The first-order valence-corrected chi connectivity index (χ1v) is 9.62. The van der Waals surface area contributed by atoms with Crippen LogP contribution in [-0.4, -0.2) is 49.3 Å². The van der Waals surface area contributed by atoms with Gasteiger partial charge in [-0.2, -0.15) is 10.2 Å². The maximum absolute atomic E-state index is 13.2. The molecular weight excluding hydrogens is 380 g/mol. The van der Waals surface area contributed by atoms with Gasteiger partial charge in [0.2, 0.25) is 0 Å². The smallest absolute Gasteiger partial charge is 0.259 e. The lowest BCUT2D eigenvalue weighted by atomic mass is 10.1. The molecule has 0 spiro atoms. The Labute approximate surface area is 174 Å². The summed E-state index contributed by atoms with van der Waals surface area (Å²) in [5.74, 6) is 0.648. The van der Waals surface area contributed by atoms with Crippen LogP contribution in [0.2, 0.25) is 0 Å². The van der Waals surface area contributed by atoms with Gasteiger partial charge in [-0.1, -0.05) is 0 Å². The highest BCUT2D eigenvalue weighted by atomic mass is 16.5. The van der Waals surface area contributed by atoms with Crippen LogP contribution in [0.15, 0.2) is 42.7 Å². The summed E-state index contributed by atoms with van der Waals surface area (Å²) >= 11 is 0. The van der Waals surface area contributed by atoms with Gasteiger partial charge in [0, 0.05) is 43.7 Å². The van der Waals surface area contributed by atoms with E-state index in [1.807, 2.05) is 55.9 Å². The Hall–Kier alpha value is -3.68. The molecule has 4 rings (SSSR count). The Morgan fingerprint density at radius 2 is 1.90 bits per heavy atom. The number of rotatable bonds is 5. The average molecular weight is 404 g/mol. The van der Waals surface area contributed by atoms with E-state index < -0.39 is 0 Å². The molecule has 8 nitrogen and oxygen atoms in total. The zero-order valence-corrected chi connectivity index (χ0v) is 17.7. The quantitative estimate of drug-likeness (QED) is 0.511. The minimum absolute atomic E-state index is 0.132. The molecule has 0 unspecified atom stereocenters. The van der Waals surface area contributed by atoms with E-state index in [1.165, 1.54) is 0 Å². The number of carbonyl (C=O) groups excluding carboxylic acids is 1. The zero-order chi connectivity index (χ0) is 21.4. The summed E-state index contributed by atoms with van der Waals surface area (Å²) in [6.45, 7) is 4.43. The zero-order valence-electron chi connectivity index (χ0n) is 17.7. The van der Waals surface area contributed by atoms with Crippen LogP contribution in [0.3, 0.4) is 0 Å². The molecule has 0 radical (unpaired) electrons. The SMILES string of the molecule is COc1ccc(-c2ccnc3c(C(=O)N(C)Cc4c(C)nn(C)c4C)cnn23)cc1. The predicted octanol–water partition coefficient (Wildman–Crippen LogP) is 3.03. The van der Waals surface area contributed by atoms with Gasteiger partial charge in [0.1, 0.15) is 11.3 Å². The van der Waals surface area contributed by atoms with Crippen molar-refractivity contribution in [2.45, 2.75) is 20.4 Å². The third-order valence-electron chi connectivity index (χ3n) is 5.42. The van der Waals surface area contributed by atoms with Crippen molar-refractivity contribution >= 4 is 11.6 Å². The lowest BCUT2D eigenvalue weighted by Crippen LogP contribution is -2.26. The molecule has 1 aromatic carbocycles. The maximum Gasteiger partial charge on any atom is 0.259 e. The van der Waals surface area contributed by atoms with Crippen LogP contribution in [0.5, 0.6) is 5.75 Å². The second kappa shape index (κ2) is 7.62. The molecule has 0 N–H and O–H groups in total. The summed E-state index contributed by atoms with van der Waals surface area (Å²) in [6, 6.07) is 9.57. The van der Waals surface area contributed by atoms with E-state index in [0.717, 1.165) is 34.0 Å². The molecule has 0 aliphatic rings. The highest BCUT2D eigenvalue weighted by Gasteiger charge is 2.21. The number of nitrogens with zero attached hydrogens (tertiary/aromatic N) is 6. The van der Waals surface area contributed by atoms with Crippen LogP contribution < -0.4 is 4.74 Å². The van der Waals surface area contributed by atoms with Crippen LogP contribution in [-0.2, 0) is 13.6 Å². The van der Waals surface area contributed by atoms with E-state index in [1.54, 1.807) is 36.0 Å². The Bertz CT molecular complexity index is 1220. The fraction of sp³-hybridized carbons (Fsp3) is 0.273. The third-order valence-corrected chi connectivity index (χ3v) is 5.42. The van der Waals surface area contributed by atoms with Crippen molar-refractivity contribution < 1.29 is 9.53 Å². The Morgan fingerprint density at radius 3 is 2.53 bits per heavy atom. The number of carbonyl (C=O) groups is 1. The van der Waals surface area contributed by atoms with Crippen molar-refractivity contribution in [3.63, 3.8) is 0 Å². The highest BCUT2D eigenvalue weighted by molar-refractivity contribution is 5.99. The molecule has 8 heteroatoms. The van der Waals surface area contributed by atoms with Crippen LogP contribution in [0.25, 0.3) is 16.9 Å². The molecule has 0 bridgehead atoms. The molecule has 1 amide bonds. The Morgan fingerprint density at radius 1 is 1.17 bits per heavy atom. The molecule has 4 aromatic rings. The molecule has 3 heterocycles. The molecule has 154 valence electrons. The van der Waals surface area contributed by atoms with Gasteiger partial charge in [0.05, 0.1) is 24.7 Å². The van der Waals surface area contributed by atoms with Gasteiger partial charge in [-0.05, 0) is 44.2 Å². The standard InChI is InChI=1S/C22H24N6O2/c1-14-19(15(2)27(4)25-14)13-26(3)22(29)18-12-24-28-20(10-11-23-21(18)28)16-6-8-17(30-5)9-7-16/h6-12H,13H2,1-5H3. The monoisotopic (exact) mass is 404 g/mol. The van der Waals surface area contributed by atoms with Gasteiger partial charge in [-0.3, -0.25) is 9.48 Å². The second-order valence-electron chi connectivity index (χ2n) is 7.29. The van der Waals surface area contributed by atoms with Crippen molar-refractivity contribution in [3.8, 4) is 17.0 Å². The van der Waals surface area contributed by atoms with Gasteiger partial charge in [-0.15, -0.1) is 0 Å². The lowest BCUT2D eigenvalue weighted by Gasteiger charge is -2.17. The van der Waals surface area contributed by atoms with E-state index in [-0.39, 0.29) is 5.91 Å². The average Bonchev–Trinajstić information content (AvgIpc) is 3.29. The first-order chi connectivity index (χ1) is 14.4. The molecule has 0 aliphatic carbocycles. The predicted molar refractivity (Wildman–Crippen MR) is 113 cm³/mol. The van der Waals surface area contributed by atoms with Crippen LogP contribution in [0.1, 0.15) is 27.3 Å². The summed E-state index contributed by atoms with van der Waals surface area (Å²) in [4.78, 5) is 19.3. The molecule has 3 aromatic heterocycles. The fourth-order valence-corrected chi connectivity index (χ4v) is 3.58. The van der Waals surface area contributed by atoms with Crippen molar-refractivity contribution in [2.75, 3.05) is 14.2 Å². The van der Waals surface area contributed by atoms with Crippen molar-refractivity contribution in [1.29, 1.82) is 0 Å². The summed E-state index contributed by atoms with van der Waals surface area (Å²) < 4.78 is 8.76. The summed E-state index contributed by atoms with van der Waals surface area (Å²) in [5, 5.41) is 8.88. The Kier molecular flexibility index (Phi) is 4.99. The van der Waals surface area contributed by atoms with Crippen molar-refractivity contribution in [3.05, 3.63) is 65.2 Å². The van der Waals surface area contributed by atoms with Gasteiger partial charge < -0.3 is 9.64 Å². The molecular formula is C22H24N6O2. The number of benzene rings is 1. The number of hydrogen-bond acceptors (Lipinski definition) is 5. The fourth-order valence-electron chi connectivity index (χ4n) is 3.58. The normalized spacial score (nSPS) is 11.1. The summed E-state index contributed by atoms with van der Waals surface area (Å²) in [7, 11) is 5.32. The van der Waals surface area contributed by atoms with Crippen LogP contribution in [0, 0.1) is 13.8 Å². The second-order valence-corrected chi connectivity index (χ2v) is 7.29. The topological polar surface area (TPSA) is 77.5 Å². The van der Waals surface area contributed by atoms with E-state index in [4.69, 9.17) is 4.74 Å². The van der Waals surface area contributed by atoms with E-state index in [2.05, 4.69) is 15.2 Å². The summed E-state index contributed by atoms with van der Waals surface area (Å²) in [6.07, 6.45) is 3.28. The number of aryl methyl sites for hydroxylation is 2. The largest absolute Gasteiger partial charge is 0.497 e. The van der Waals surface area contributed by atoms with Crippen LogP contribution >= 0.6 is 0 Å². The number of fused-ring (bicyclic) bond motifs is 1. The number of ether oxygens (including phenoxy) is 1. The number of amides is 1. The number of aromatic nitrogens is 5.